The van der Waals surface area contributed by atoms with Gasteiger partial charge in [0.05, 0.1) is 23.7 Å². The number of hydrogen-bond donors (Lipinski definition) is 0. The summed E-state index contributed by atoms with van der Waals surface area (Å²) in [5.74, 6) is -7.50. The van der Waals surface area contributed by atoms with Crippen molar-refractivity contribution in [2.24, 2.45) is 10.8 Å². The van der Waals surface area contributed by atoms with Gasteiger partial charge in [0, 0.05) is 0 Å². The van der Waals surface area contributed by atoms with Crippen molar-refractivity contribution >= 4 is 23.9 Å². The Morgan fingerprint density at radius 3 is 0.962 bits per heavy atom. The van der Waals surface area contributed by atoms with E-state index in [1.165, 1.54) is 0 Å². The topological polar surface area (TPSA) is 86.7 Å². The van der Waals surface area contributed by atoms with Crippen molar-refractivity contribution in [2.75, 3.05) is 40.0 Å². The zero-order valence-electron chi connectivity index (χ0n) is 13.4. The first-order valence-electron chi connectivity index (χ1n) is 7.02. The van der Waals surface area contributed by atoms with Crippen LogP contribution in [0.4, 0.5) is 26.3 Å². The normalized spacial score (nSPS) is 11.8. The van der Waals surface area contributed by atoms with Crippen molar-refractivity contribution in [3.05, 3.63) is 0 Å². The van der Waals surface area contributed by atoms with Crippen LogP contribution >= 0.6 is 0 Å². The van der Waals surface area contributed by atoms with Crippen LogP contribution in [0.1, 0.15) is 12.8 Å². The molecule has 0 N–H and O–H groups in total. The van der Waals surface area contributed by atoms with Crippen LogP contribution in [0.3, 0.4) is 0 Å². The molecule has 0 atom stereocenters. The summed E-state index contributed by atoms with van der Waals surface area (Å²) < 4.78 is 83.3. The summed E-state index contributed by atoms with van der Waals surface area (Å²) in [6.07, 6.45) is -2.45. The predicted octanol–water partition coefficient (Wildman–Crippen LogP) is 1.70. The van der Waals surface area contributed by atoms with Gasteiger partial charge in [-0.2, -0.15) is 0 Å². The largest absolute Gasteiger partial charge is 0.425 e. The average molecular weight is 394 g/mol. The van der Waals surface area contributed by atoms with E-state index in [4.69, 9.17) is 0 Å². The first kappa shape index (κ1) is 23.9. The van der Waals surface area contributed by atoms with Gasteiger partial charge in [-0.15, -0.1) is 0 Å². The molecule has 0 aromatic carbocycles. The minimum absolute atomic E-state index is 1.22. The van der Waals surface area contributed by atoms with Crippen LogP contribution in [0, 0.1) is 10.8 Å². The maximum absolute atomic E-state index is 12.6. The van der Waals surface area contributed by atoms with Crippen molar-refractivity contribution in [2.45, 2.75) is 12.8 Å². The average Bonchev–Trinajstić information content (AvgIpc) is 2.64. The van der Waals surface area contributed by atoms with Crippen LogP contribution in [0.25, 0.3) is 0 Å². The fourth-order valence-corrected chi connectivity index (χ4v) is 1.47. The van der Waals surface area contributed by atoms with Gasteiger partial charge in [-0.1, -0.05) is 0 Å². The fraction of sp³-hybridized carbons (Fsp3) is 0.714. The van der Waals surface area contributed by atoms with E-state index in [0.29, 0.717) is 0 Å². The molecule has 0 rings (SSSR count). The lowest BCUT2D eigenvalue weighted by Crippen LogP contribution is -2.36. The molecular formula is C14H16F6O6. The molecule has 0 bridgehead atoms. The minimum atomic E-state index is -2.37. The van der Waals surface area contributed by atoms with Crippen molar-refractivity contribution in [3.8, 4) is 0 Å². The number of rotatable bonds is 10. The van der Waals surface area contributed by atoms with Crippen molar-refractivity contribution in [3.63, 3.8) is 0 Å². The van der Waals surface area contributed by atoms with Gasteiger partial charge in [-0.3, -0.25) is 35.9 Å². The summed E-state index contributed by atoms with van der Waals surface area (Å²) in [4.78, 5) is 45.1. The van der Waals surface area contributed by atoms with E-state index < -0.39 is 87.6 Å². The van der Waals surface area contributed by atoms with Gasteiger partial charge < -0.3 is 9.47 Å². The molecule has 0 unspecified atom stereocenters. The molecule has 0 heterocycles. The Morgan fingerprint density at radius 1 is 0.538 bits per heavy atom. The van der Waals surface area contributed by atoms with Crippen LogP contribution in [0.15, 0.2) is 0 Å². The Kier molecular flexibility index (Phi) is 9.88. The van der Waals surface area contributed by atoms with Gasteiger partial charge in [0.15, 0.2) is 0 Å². The quantitative estimate of drug-likeness (QED) is 0.243. The molecule has 0 aliphatic rings. The smallest absolute Gasteiger partial charge is 0.384 e. The van der Waals surface area contributed by atoms with Crippen LogP contribution < -0.4 is 0 Å². The van der Waals surface area contributed by atoms with E-state index in [0.717, 1.165) is 0 Å². The Balaban J connectivity index is 4.71. The molecule has 26 heavy (non-hydrogen) atoms. The van der Waals surface area contributed by atoms with Crippen LogP contribution in [-0.2, 0) is 28.7 Å². The summed E-state index contributed by atoms with van der Waals surface area (Å²) in [6.45, 7) is -9.56. The number of carbonyl (C=O) groups is 4. The van der Waals surface area contributed by atoms with E-state index in [2.05, 4.69) is 9.47 Å². The highest BCUT2D eigenvalue weighted by Gasteiger charge is 2.38. The van der Waals surface area contributed by atoms with E-state index in [1.807, 2.05) is 0 Å². The third kappa shape index (κ3) is 6.64. The van der Waals surface area contributed by atoms with E-state index in [-0.39, 0.29) is 0 Å². The summed E-state index contributed by atoms with van der Waals surface area (Å²) in [5, 5.41) is 0. The number of ether oxygens (including phenoxy) is 2. The molecule has 0 aliphatic carbocycles. The number of halogens is 6. The summed E-state index contributed by atoms with van der Waals surface area (Å²) in [7, 11) is 0. The highest BCUT2D eigenvalue weighted by atomic mass is 19.2. The second-order valence-corrected chi connectivity index (χ2v) is 5.68. The number of hydrogen-bond acceptors (Lipinski definition) is 6. The summed E-state index contributed by atoms with van der Waals surface area (Å²) >= 11 is 0. The van der Waals surface area contributed by atoms with Crippen LogP contribution in [0.2, 0.25) is 0 Å². The van der Waals surface area contributed by atoms with Gasteiger partial charge in [0.2, 0.25) is 0 Å². The molecule has 0 amide bonds. The zero-order chi connectivity index (χ0) is 20.4. The number of esters is 4. The van der Waals surface area contributed by atoms with Gasteiger partial charge >= 0.3 is 23.9 Å². The molecule has 0 saturated carbocycles. The first-order valence-corrected chi connectivity index (χ1v) is 7.02. The second kappa shape index (κ2) is 10.8. The maximum Gasteiger partial charge on any atom is 0.425 e. The lowest BCUT2D eigenvalue weighted by atomic mass is 9.89. The molecular weight excluding hydrogens is 378 g/mol. The van der Waals surface area contributed by atoms with Crippen LogP contribution in [0.5, 0.6) is 0 Å². The molecule has 0 aliphatic heterocycles. The SMILES string of the molecule is O=C(CC(CF)(CF)CF)OC(=O)C(=O)OC(=O)CC(CF)(CF)CF. The monoisotopic (exact) mass is 394 g/mol. The molecule has 0 spiro atoms. The standard InChI is InChI=1S/C14H16F6O6/c15-3-13(4-16,5-17)1-9(21)25-11(23)12(24)26-10(22)2-14(6-18,7-19)8-20/h1-8H2. The van der Waals surface area contributed by atoms with Gasteiger partial charge in [-0.05, 0) is 0 Å². The number of carbonyl (C=O) groups excluding carboxylic acids is 4. The number of alkyl halides is 6. The lowest BCUT2D eigenvalue weighted by Gasteiger charge is -2.22. The molecule has 0 aromatic rings. The van der Waals surface area contributed by atoms with Crippen molar-refractivity contribution in [1.29, 1.82) is 0 Å². The molecule has 6 nitrogen and oxygen atoms in total. The minimum Gasteiger partial charge on any atom is -0.384 e. The van der Waals surface area contributed by atoms with Crippen LogP contribution in [-0.4, -0.2) is 63.9 Å². The Hall–Kier alpha value is -2.14. The maximum atomic E-state index is 12.6. The third-order valence-electron chi connectivity index (χ3n) is 3.32. The van der Waals surface area contributed by atoms with E-state index >= 15 is 0 Å². The zero-order valence-corrected chi connectivity index (χ0v) is 13.4. The van der Waals surface area contributed by atoms with Crippen molar-refractivity contribution in [1.82, 2.24) is 0 Å². The summed E-state index contributed by atoms with van der Waals surface area (Å²) in [6, 6.07) is 0. The highest BCUT2D eigenvalue weighted by molar-refractivity contribution is 6.33. The highest BCUT2D eigenvalue weighted by Crippen LogP contribution is 2.26. The Labute approximate surface area is 143 Å². The van der Waals surface area contributed by atoms with Gasteiger partial charge in [0.1, 0.15) is 40.0 Å². The first-order chi connectivity index (χ1) is 12.2. The molecule has 0 aromatic heterocycles. The molecule has 0 saturated heterocycles. The Bertz CT molecular complexity index is 456. The third-order valence-corrected chi connectivity index (χ3v) is 3.32. The fourth-order valence-electron chi connectivity index (χ4n) is 1.47. The van der Waals surface area contributed by atoms with Gasteiger partial charge in [0.25, 0.3) is 0 Å². The Morgan fingerprint density at radius 2 is 0.769 bits per heavy atom. The lowest BCUT2D eigenvalue weighted by molar-refractivity contribution is -0.179. The molecule has 0 fully saturated rings. The van der Waals surface area contributed by atoms with Gasteiger partial charge in [-0.25, -0.2) is 9.59 Å². The van der Waals surface area contributed by atoms with E-state index in [9.17, 15) is 45.5 Å². The molecule has 12 heteroatoms. The van der Waals surface area contributed by atoms with E-state index in [1.54, 1.807) is 0 Å². The second-order valence-electron chi connectivity index (χ2n) is 5.68. The van der Waals surface area contributed by atoms with Crippen molar-refractivity contribution < 1.29 is 55.0 Å². The molecule has 0 radical (unpaired) electrons. The summed E-state index contributed by atoms with van der Waals surface area (Å²) in [5.41, 5.74) is -4.75. The molecule has 150 valence electrons. The predicted molar refractivity (Wildman–Crippen MR) is 72.1 cm³/mol.